The average Bonchev–Trinajstić information content (AvgIpc) is 3.10. The van der Waals surface area contributed by atoms with E-state index in [2.05, 4.69) is 27.3 Å². The quantitative estimate of drug-likeness (QED) is 0.906. The lowest BCUT2D eigenvalue weighted by Crippen LogP contribution is -2.29. The fourth-order valence-electron chi connectivity index (χ4n) is 2.92. The van der Waals surface area contributed by atoms with Gasteiger partial charge in [-0.15, -0.1) is 0 Å². The second-order valence-corrected chi connectivity index (χ2v) is 6.16. The van der Waals surface area contributed by atoms with E-state index in [0.29, 0.717) is 10.8 Å². The highest BCUT2D eigenvalue weighted by molar-refractivity contribution is 6.31. The molecular weight excluding hydrogens is 308 g/mol. The summed E-state index contributed by atoms with van der Waals surface area (Å²) >= 11 is 5.97. The summed E-state index contributed by atoms with van der Waals surface area (Å²) in [7, 11) is 0. The summed E-state index contributed by atoms with van der Waals surface area (Å²) in [5, 5.41) is 12.9. The van der Waals surface area contributed by atoms with Gasteiger partial charge in [-0.1, -0.05) is 41.9 Å². The van der Waals surface area contributed by atoms with Crippen molar-refractivity contribution in [2.24, 2.45) is 0 Å². The third-order valence-corrected chi connectivity index (χ3v) is 4.42. The third kappa shape index (κ3) is 4.01. The lowest BCUT2D eigenvalue weighted by atomic mass is 10.1. The van der Waals surface area contributed by atoms with Crippen molar-refractivity contribution in [1.29, 1.82) is 5.26 Å². The van der Waals surface area contributed by atoms with Gasteiger partial charge in [-0.05, 0) is 43.6 Å². The van der Waals surface area contributed by atoms with E-state index in [1.54, 1.807) is 6.07 Å². The van der Waals surface area contributed by atoms with Crippen LogP contribution in [0.3, 0.4) is 0 Å². The molecule has 0 bridgehead atoms. The van der Waals surface area contributed by atoms with Gasteiger partial charge in [-0.3, -0.25) is 0 Å². The maximum atomic E-state index is 9.09. The fourth-order valence-corrected chi connectivity index (χ4v) is 3.07. The van der Waals surface area contributed by atoms with Gasteiger partial charge in [0.2, 0.25) is 0 Å². The van der Waals surface area contributed by atoms with E-state index in [-0.39, 0.29) is 11.7 Å². The number of pyridine rings is 1. The second-order valence-electron chi connectivity index (χ2n) is 5.75. The van der Waals surface area contributed by atoms with Crippen LogP contribution in [0, 0.1) is 11.3 Å². The van der Waals surface area contributed by atoms with Gasteiger partial charge in [-0.25, -0.2) is 4.98 Å². The summed E-state index contributed by atoms with van der Waals surface area (Å²) in [6, 6.07) is 16.0. The van der Waals surface area contributed by atoms with E-state index < -0.39 is 0 Å². The van der Waals surface area contributed by atoms with Crippen LogP contribution in [0.2, 0.25) is 5.02 Å². The van der Waals surface area contributed by atoms with Crippen molar-refractivity contribution in [2.75, 3.05) is 25.0 Å². The molecule has 118 valence electrons. The molecule has 4 nitrogen and oxygen atoms in total. The number of benzene rings is 1. The SMILES string of the molecule is N#Cc1nc(NC(CN2CCCC2)c2ccccc2)ccc1Cl. The Bertz CT molecular complexity index is 690. The number of rotatable bonds is 5. The normalized spacial score (nSPS) is 16.0. The summed E-state index contributed by atoms with van der Waals surface area (Å²) < 4.78 is 0. The van der Waals surface area contributed by atoms with Crippen molar-refractivity contribution in [2.45, 2.75) is 18.9 Å². The molecule has 3 rings (SSSR count). The number of anilines is 1. The van der Waals surface area contributed by atoms with Gasteiger partial charge in [0.25, 0.3) is 0 Å². The fraction of sp³-hybridized carbons (Fsp3) is 0.333. The molecule has 1 aromatic carbocycles. The molecule has 2 heterocycles. The lowest BCUT2D eigenvalue weighted by molar-refractivity contribution is 0.323. The Hall–Kier alpha value is -2.09. The smallest absolute Gasteiger partial charge is 0.161 e. The van der Waals surface area contributed by atoms with Crippen molar-refractivity contribution in [1.82, 2.24) is 9.88 Å². The van der Waals surface area contributed by atoms with Crippen LogP contribution in [0.4, 0.5) is 5.82 Å². The number of aromatic nitrogens is 1. The van der Waals surface area contributed by atoms with Gasteiger partial charge in [0.15, 0.2) is 5.69 Å². The van der Waals surface area contributed by atoms with Crippen LogP contribution < -0.4 is 5.32 Å². The standard InChI is InChI=1S/C18H19ClN4/c19-15-8-9-18(21-16(15)12-20)22-17(13-23-10-4-5-11-23)14-6-2-1-3-7-14/h1-3,6-9,17H,4-5,10-11,13H2,(H,21,22). The number of nitriles is 1. The molecule has 0 amide bonds. The lowest BCUT2D eigenvalue weighted by Gasteiger charge is -2.25. The van der Waals surface area contributed by atoms with Crippen LogP contribution in [-0.4, -0.2) is 29.5 Å². The zero-order valence-electron chi connectivity index (χ0n) is 12.9. The van der Waals surface area contributed by atoms with E-state index in [1.807, 2.05) is 30.3 Å². The highest BCUT2D eigenvalue weighted by atomic mass is 35.5. The zero-order valence-corrected chi connectivity index (χ0v) is 13.6. The summed E-state index contributed by atoms with van der Waals surface area (Å²) in [5.74, 6) is 0.680. The molecular formula is C18H19ClN4. The zero-order chi connectivity index (χ0) is 16.1. The number of nitrogens with zero attached hydrogens (tertiary/aromatic N) is 3. The molecule has 0 aliphatic carbocycles. The molecule has 1 saturated heterocycles. The first-order valence-electron chi connectivity index (χ1n) is 7.87. The predicted octanol–water partition coefficient (Wildman–Crippen LogP) is 3.86. The van der Waals surface area contributed by atoms with Crippen LogP contribution in [0.25, 0.3) is 0 Å². The Morgan fingerprint density at radius 1 is 1.17 bits per heavy atom. The van der Waals surface area contributed by atoms with E-state index in [1.165, 1.54) is 18.4 Å². The molecule has 1 aliphatic heterocycles. The summed E-state index contributed by atoms with van der Waals surface area (Å²) in [6.45, 7) is 3.21. The molecule has 1 aliphatic rings. The Kier molecular flexibility index (Phi) is 5.12. The minimum absolute atomic E-state index is 0.134. The monoisotopic (exact) mass is 326 g/mol. The van der Waals surface area contributed by atoms with E-state index in [0.717, 1.165) is 19.6 Å². The Morgan fingerprint density at radius 3 is 2.61 bits per heavy atom. The highest BCUT2D eigenvalue weighted by Crippen LogP contribution is 2.23. The first kappa shape index (κ1) is 15.8. The summed E-state index contributed by atoms with van der Waals surface area (Å²) in [5.41, 5.74) is 1.47. The average molecular weight is 327 g/mol. The first-order valence-corrected chi connectivity index (χ1v) is 8.24. The summed E-state index contributed by atoms with van der Waals surface area (Å²) in [6.07, 6.45) is 2.53. The number of halogens is 1. The van der Waals surface area contributed by atoms with Gasteiger partial charge in [0.1, 0.15) is 11.9 Å². The van der Waals surface area contributed by atoms with Gasteiger partial charge in [0, 0.05) is 6.54 Å². The number of hydrogen-bond donors (Lipinski definition) is 1. The van der Waals surface area contributed by atoms with E-state index in [4.69, 9.17) is 16.9 Å². The van der Waals surface area contributed by atoms with E-state index in [9.17, 15) is 0 Å². The maximum absolute atomic E-state index is 9.09. The Balaban J connectivity index is 1.82. The van der Waals surface area contributed by atoms with Crippen molar-refractivity contribution in [3.8, 4) is 6.07 Å². The molecule has 0 spiro atoms. The molecule has 1 unspecified atom stereocenters. The van der Waals surface area contributed by atoms with Crippen LogP contribution in [0.1, 0.15) is 30.1 Å². The van der Waals surface area contributed by atoms with Crippen LogP contribution >= 0.6 is 11.6 Å². The van der Waals surface area contributed by atoms with Crippen molar-refractivity contribution in [3.63, 3.8) is 0 Å². The molecule has 2 aromatic rings. The Labute approximate surface area is 141 Å². The van der Waals surface area contributed by atoms with Crippen molar-refractivity contribution >= 4 is 17.4 Å². The van der Waals surface area contributed by atoms with Gasteiger partial charge in [0.05, 0.1) is 11.1 Å². The molecule has 0 saturated carbocycles. The number of hydrogen-bond acceptors (Lipinski definition) is 4. The molecule has 5 heteroatoms. The largest absolute Gasteiger partial charge is 0.362 e. The number of nitrogens with one attached hydrogen (secondary N) is 1. The minimum Gasteiger partial charge on any atom is -0.362 e. The Morgan fingerprint density at radius 2 is 1.91 bits per heavy atom. The van der Waals surface area contributed by atoms with E-state index >= 15 is 0 Å². The van der Waals surface area contributed by atoms with Crippen LogP contribution in [-0.2, 0) is 0 Å². The molecule has 1 N–H and O–H groups in total. The maximum Gasteiger partial charge on any atom is 0.161 e. The van der Waals surface area contributed by atoms with Crippen molar-refractivity contribution < 1.29 is 0 Å². The van der Waals surface area contributed by atoms with Crippen molar-refractivity contribution in [3.05, 3.63) is 58.7 Å². The van der Waals surface area contributed by atoms with Gasteiger partial charge >= 0.3 is 0 Å². The van der Waals surface area contributed by atoms with Gasteiger partial charge in [-0.2, -0.15) is 5.26 Å². The molecule has 1 aromatic heterocycles. The third-order valence-electron chi connectivity index (χ3n) is 4.12. The summed E-state index contributed by atoms with van der Waals surface area (Å²) in [4.78, 5) is 6.77. The predicted molar refractivity (Wildman–Crippen MR) is 92.4 cm³/mol. The topological polar surface area (TPSA) is 52.0 Å². The first-order chi connectivity index (χ1) is 11.3. The van der Waals surface area contributed by atoms with Gasteiger partial charge < -0.3 is 10.2 Å². The molecule has 0 radical (unpaired) electrons. The minimum atomic E-state index is 0.134. The van der Waals surface area contributed by atoms with Crippen LogP contribution in [0.15, 0.2) is 42.5 Å². The highest BCUT2D eigenvalue weighted by Gasteiger charge is 2.19. The second kappa shape index (κ2) is 7.45. The number of likely N-dealkylation sites (tertiary alicyclic amines) is 1. The molecule has 1 atom stereocenters. The van der Waals surface area contributed by atoms with Crippen LogP contribution in [0.5, 0.6) is 0 Å². The molecule has 1 fully saturated rings. The molecule has 23 heavy (non-hydrogen) atoms.